The monoisotopic (exact) mass is 259 g/mol. The van der Waals surface area contributed by atoms with Crippen LogP contribution in [0.4, 0.5) is 11.4 Å². The molecule has 1 unspecified atom stereocenters. The van der Waals surface area contributed by atoms with Gasteiger partial charge >= 0.3 is 5.69 Å². The number of aromatic nitrogens is 1. The maximum absolute atomic E-state index is 11.1. The second-order valence-electron chi connectivity index (χ2n) is 4.50. The SMILES string of the molecule is O=[N+]([O-])c1cnc2ccccc2c1NC1CCOC1. The Morgan fingerprint density at radius 3 is 3.00 bits per heavy atom. The van der Waals surface area contributed by atoms with Crippen molar-refractivity contribution in [2.24, 2.45) is 0 Å². The topological polar surface area (TPSA) is 77.3 Å². The van der Waals surface area contributed by atoms with E-state index in [-0.39, 0.29) is 11.7 Å². The van der Waals surface area contributed by atoms with Crippen molar-refractivity contribution < 1.29 is 9.66 Å². The van der Waals surface area contributed by atoms with Crippen LogP contribution in [0.5, 0.6) is 0 Å². The average molecular weight is 259 g/mol. The molecule has 1 aromatic carbocycles. The first-order valence-corrected chi connectivity index (χ1v) is 6.12. The Hall–Kier alpha value is -2.21. The standard InChI is InChI=1S/C13H13N3O3/c17-16(18)12-7-14-11-4-2-1-3-10(11)13(12)15-9-5-6-19-8-9/h1-4,7,9H,5-6,8H2,(H,14,15). The van der Waals surface area contributed by atoms with Crippen molar-refractivity contribution in [2.45, 2.75) is 12.5 Å². The third kappa shape index (κ3) is 2.22. The lowest BCUT2D eigenvalue weighted by Crippen LogP contribution is -2.20. The highest BCUT2D eigenvalue weighted by atomic mass is 16.6. The summed E-state index contributed by atoms with van der Waals surface area (Å²) in [4.78, 5) is 14.9. The molecule has 98 valence electrons. The summed E-state index contributed by atoms with van der Waals surface area (Å²) in [7, 11) is 0. The highest BCUT2D eigenvalue weighted by Gasteiger charge is 2.23. The van der Waals surface area contributed by atoms with Gasteiger partial charge in [0.05, 0.1) is 23.1 Å². The number of hydrogen-bond acceptors (Lipinski definition) is 5. The molecule has 6 nitrogen and oxygen atoms in total. The predicted molar refractivity (Wildman–Crippen MR) is 71.2 cm³/mol. The minimum atomic E-state index is -0.405. The Morgan fingerprint density at radius 1 is 1.42 bits per heavy atom. The predicted octanol–water partition coefficient (Wildman–Crippen LogP) is 2.34. The van der Waals surface area contributed by atoms with Gasteiger partial charge in [-0.1, -0.05) is 18.2 Å². The van der Waals surface area contributed by atoms with Gasteiger partial charge in [-0.15, -0.1) is 0 Å². The molecular formula is C13H13N3O3. The number of rotatable bonds is 3. The highest BCUT2D eigenvalue weighted by Crippen LogP contribution is 2.32. The van der Waals surface area contributed by atoms with E-state index in [0.717, 1.165) is 17.3 Å². The summed E-state index contributed by atoms with van der Waals surface area (Å²) in [5, 5.41) is 15.1. The largest absolute Gasteiger partial charge is 0.379 e. The molecule has 1 atom stereocenters. The molecule has 1 N–H and O–H groups in total. The van der Waals surface area contributed by atoms with Crippen LogP contribution in [0.1, 0.15) is 6.42 Å². The van der Waals surface area contributed by atoms with Crippen LogP contribution in [0.15, 0.2) is 30.5 Å². The average Bonchev–Trinajstić information content (AvgIpc) is 2.92. The molecule has 0 aliphatic carbocycles. The molecule has 3 rings (SSSR count). The molecule has 0 amide bonds. The number of nitrogens with one attached hydrogen (secondary N) is 1. The molecule has 1 saturated heterocycles. The third-order valence-corrected chi connectivity index (χ3v) is 3.23. The molecule has 0 radical (unpaired) electrons. The van der Waals surface area contributed by atoms with E-state index in [0.29, 0.717) is 18.9 Å². The van der Waals surface area contributed by atoms with E-state index in [9.17, 15) is 10.1 Å². The number of nitrogens with zero attached hydrogens (tertiary/aromatic N) is 2. The lowest BCUT2D eigenvalue weighted by atomic mass is 10.1. The van der Waals surface area contributed by atoms with E-state index in [2.05, 4.69) is 10.3 Å². The summed E-state index contributed by atoms with van der Waals surface area (Å²) in [5.74, 6) is 0. The quantitative estimate of drug-likeness (QED) is 0.676. The number of benzene rings is 1. The number of para-hydroxylation sites is 1. The van der Waals surface area contributed by atoms with Gasteiger partial charge in [0.25, 0.3) is 0 Å². The van der Waals surface area contributed by atoms with Crippen molar-refractivity contribution >= 4 is 22.3 Å². The normalized spacial score (nSPS) is 18.6. The van der Waals surface area contributed by atoms with Crippen molar-refractivity contribution in [2.75, 3.05) is 18.5 Å². The fourth-order valence-electron chi connectivity index (χ4n) is 2.27. The van der Waals surface area contributed by atoms with Crippen molar-refractivity contribution in [1.29, 1.82) is 0 Å². The Morgan fingerprint density at radius 2 is 2.26 bits per heavy atom. The van der Waals surface area contributed by atoms with Gasteiger partial charge in [0.2, 0.25) is 0 Å². The molecular weight excluding hydrogens is 246 g/mol. The second kappa shape index (κ2) is 4.81. The molecule has 1 fully saturated rings. The fourth-order valence-corrected chi connectivity index (χ4v) is 2.27. The van der Waals surface area contributed by atoms with Gasteiger partial charge in [0.1, 0.15) is 11.9 Å². The van der Waals surface area contributed by atoms with Crippen LogP contribution in [-0.2, 0) is 4.74 Å². The van der Waals surface area contributed by atoms with Crippen molar-refractivity contribution in [3.05, 3.63) is 40.6 Å². The summed E-state index contributed by atoms with van der Waals surface area (Å²) in [6.45, 7) is 1.27. The van der Waals surface area contributed by atoms with E-state index in [1.165, 1.54) is 6.20 Å². The molecule has 0 spiro atoms. The first kappa shape index (κ1) is 11.9. The number of hydrogen-bond donors (Lipinski definition) is 1. The van der Waals surface area contributed by atoms with Crippen LogP contribution in [0.2, 0.25) is 0 Å². The van der Waals surface area contributed by atoms with Gasteiger partial charge in [0, 0.05) is 12.0 Å². The fraction of sp³-hybridized carbons (Fsp3) is 0.308. The smallest absolute Gasteiger partial charge is 0.311 e. The van der Waals surface area contributed by atoms with Gasteiger partial charge in [0.15, 0.2) is 0 Å². The van der Waals surface area contributed by atoms with Crippen LogP contribution < -0.4 is 5.32 Å². The zero-order valence-electron chi connectivity index (χ0n) is 10.2. The summed E-state index contributed by atoms with van der Waals surface area (Å²) in [5.41, 5.74) is 1.28. The van der Waals surface area contributed by atoms with Crippen molar-refractivity contribution in [3.8, 4) is 0 Å². The highest BCUT2D eigenvalue weighted by molar-refractivity contribution is 5.95. The number of pyridine rings is 1. The minimum Gasteiger partial charge on any atom is -0.379 e. The van der Waals surface area contributed by atoms with Crippen LogP contribution in [0.25, 0.3) is 10.9 Å². The van der Waals surface area contributed by atoms with E-state index in [1.807, 2.05) is 24.3 Å². The first-order chi connectivity index (χ1) is 9.25. The third-order valence-electron chi connectivity index (χ3n) is 3.23. The van der Waals surface area contributed by atoms with E-state index in [4.69, 9.17) is 4.74 Å². The molecule has 0 saturated carbocycles. The summed E-state index contributed by atoms with van der Waals surface area (Å²) < 4.78 is 5.29. The number of anilines is 1. The van der Waals surface area contributed by atoms with E-state index < -0.39 is 4.92 Å². The molecule has 0 bridgehead atoms. The van der Waals surface area contributed by atoms with Crippen LogP contribution in [0.3, 0.4) is 0 Å². The maximum atomic E-state index is 11.1. The summed E-state index contributed by atoms with van der Waals surface area (Å²) >= 11 is 0. The molecule has 1 aliphatic heterocycles. The maximum Gasteiger partial charge on any atom is 0.311 e. The van der Waals surface area contributed by atoms with Gasteiger partial charge in [-0.2, -0.15) is 0 Å². The molecule has 2 heterocycles. The van der Waals surface area contributed by atoms with E-state index in [1.54, 1.807) is 0 Å². The zero-order valence-corrected chi connectivity index (χ0v) is 10.2. The Balaban J connectivity index is 2.10. The van der Waals surface area contributed by atoms with Crippen LogP contribution >= 0.6 is 0 Å². The second-order valence-corrected chi connectivity index (χ2v) is 4.50. The molecule has 19 heavy (non-hydrogen) atoms. The Labute approximate surface area is 109 Å². The lowest BCUT2D eigenvalue weighted by Gasteiger charge is -2.14. The van der Waals surface area contributed by atoms with Gasteiger partial charge in [-0.05, 0) is 12.5 Å². The number of ether oxygens (including phenoxy) is 1. The van der Waals surface area contributed by atoms with Crippen LogP contribution in [-0.4, -0.2) is 29.2 Å². The Bertz CT molecular complexity index is 624. The minimum absolute atomic E-state index is 0.00519. The summed E-state index contributed by atoms with van der Waals surface area (Å²) in [6.07, 6.45) is 2.16. The van der Waals surface area contributed by atoms with Crippen LogP contribution in [0, 0.1) is 10.1 Å². The van der Waals surface area contributed by atoms with E-state index >= 15 is 0 Å². The molecule has 1 aromatic heterocycles. The molecule has 1 aliphatic rings. The van der Waals surface area contributed by atoms with Crippen molar-refractivity contribution in [1.82, 2.24) is 4.98 Å². The zero-order chi connectivity index (χ0) is 13.2. The van der Waals surface area contributed by atoms with Gasteiger partial charge in [-0.3, -0.25) is 10.1 Å². The number of fused-ring (bicyclic) bond motifs is 1. The molecule has 6 heteroatoms. The Kier molecular flexibility index (Phi) is 3.00. The summed E-state index contributed by atoms with van der Waals surface area (Å²) in [6, 6.07) is 7.51. The van der Waals surface area contributed by atoms with Gasteiger partial charge in [-0.25, -0.2) is 4.98 Å². The lowest BCUT2D eigenvalue weighted by molar-refractivity contribution is -0.384. The van der Waals surface area contributed by atoms with Crippen molar-refractivity contribution in [3.63, 3.8) is 0 Å². The van der Waals surface area contributed by atoms with Gasteiger partial charge < -0.3 is 10.1 Å². The first-order valence-electron chi connectivity index (χ1n) is 6.12. The molecule has 2 aromatic rings. The number of nitro groups is 1.